The summed E-state index contributed by atoms with van der Waals surface area (Å²) >= 11 is 0. The molecular weight excluding hydrogens is 404 g/mol. The summed E-state index contributed by atoms with van der Waals surface area (Å²) in [4.78, 5) is 13.0. The maximum absolute atomic E-state index is 13.0. The third-order valence-electron chi connectivity index (χ3n) is 5.93. The quantitative estimate of drug-likeness (QED) is 0.430. The summed E-state index contributed by atoms with van der Waals surface area (Å²) in [6, 6.07) is 23.9. The van der Waals surface area contributed by atoms with Crippen molar-refractivity contribution < 1.29 is 19.0 Å². The third-order valence-corrected chi connectivity index (χ3v) is 5.93. The fourth-order valence-corrected chi connectivity index (χ4v) is 4.28. The molecular formula is C26H26N2O4. The molecule has 164 valence electrons. The Bertz CT molecular complexity index is 1050. The zero-order valence-corrected chi connectivity index (χ0v) is 18.4. The molecule has 1 amide bonds. The highest BCUT2D eigenvalue weighted by atomic mass is 16.5. The van der Waals surface area contributed by atoms with E-state index < -0.39 is 0 Å². The number of rotatable bonds is 8. The predicted octanol–water partition coefficient (Wildman–Crippen LogP) is 4.17. The average Bonchev–Trinajstić information content (AvgIpc) is 3.61. The molecule has 1 aliphatic carbocycles. The standard InChI is InChI=1S/C26H26N2O4/c1-30-22-14-18(15-23(31-2)24(22)32-3)17-27-28-25(29)21-16-26(21,19-10-6-4-7-11-19)20-12-8-5-9-13-20/h4-15,17,21H,16H2,1-3H3,(H,28,29)/b27-17-. The Labute approximate surface area is 187 Å². The van der Waals surface area contributed by atoms with Gasteiger partial charge in [-0.25, -0.2) is 5.43 Å². The highest BCUT2D eigenvalue weighted by Crippen LogP contribution is 2.58. The van der Waals surface area contributed by atoms with Crippen LogP contribution in [0.1, 0.15) is 23.1 Å². The lowest BCUT2D eigenvalue weighted by Crippen LogP contribution is -2.25. The lowest BCUT2D eigenvalue weighted by atomic mass is 9.85. The number of benzene rings is 3. The Balaban J connectivity index is 1.53. The summed E-state index contributed by atoms with van der Waals surface area (Å²) in [5.41, 5.74) is 5.38. The first-order valence-corrected chi connectivity index (χ1v) is 10.4. The molecule has 0 aromatic heterocycles. The minimum absolute atomic E-state index is 0.110. The van der Waals surface area contributed by atoms with E-state index >= 15 is 0 Å². The van der Waals surface area contributed by atoms with Crippen LogP contribution in [0, 0.1) is 5.92 Å². The Hall–Kier alpha value is -3.80. The van der Waals surface area contributed by atoms with E-state index in [2.05, 4.69) is 34.8 Å². The number of hydrazone groups is 1. The van der Waals surface area contributed by atoms with Gasteiger partial charge in [-0.15, -0.1) is 0 Å². The highest BCUT2D eigenvalue weighted by Gasteiger charge is 2.60. The third kappa shape index (κ3) is 3.91. The van der Waals surface area contributed by atoms with Gasteiger partial charge < -0.3 is 14.2 Å². The van der Waals surface area contributed by atoms with Crippen LogP contribution in [0.15, 0.2) is 77.9 Å². The van der Waals surface area contributed by atoms with Crippen LogP contribution in [-0.2, 0) is 10.2 Å². The summed E-state index contributed by atoms with van der Waals surface area (Å²) in [6.07, 6.45) is 2.31. The van der Waals surface area contributed by atoms with Crippen molar-refractivity contribution >= 4 is 12.1 Å². The van der Waals surface area contributed by atoms with Crippen molar-refractivity contribution in [2.45, 2.75) is 11.8 Å². The lowest BCUT2D eigenvalue weighted by Gasteiger charge is -2.18. The van der Waals surface area contributed by atoms with Crippen LogP contribution < -0.4 is 19.6 Å². The minimum atomic E-state index is -0.325. The molecule has 1 atom stereocenters. The number of nitrogens with zero attached hydrogens (tertiary/aromatic N) is 1. The summed E-state index contributed by atoms with van der Waals surface area (Å²) < 4.78 is 16.1. The molecule has 3 aromatic rings. The normalized spacial score (nSPS) is 16.4. The van der Waals surface area contributed by atoms with E-state index in [9.17, 15) is 4.79 Å². The van der Waals surface area contributed by atoms with Crippen LogP contribution in [0.2, 0.25) is 0 Å². The summed E-state index contributed by atoms with van der Waals surface area (Å²) in [7, 11) is 4.66. The van der Waals surface area contributed by atoms with Crippen molar-refractivity contribution in [3.05, 3.63) is 89.5 Å². The number of carbonyl (C=O) groups excluding carboxylic acids is 1. The Kier molecular flexibility index (Phi) is 6.12. The van der Waals surface area contributed by atoms with Gasteiger partial charge in [0, 0.05) is 11.0 Å². The van der Waals surface area contributed by atoms with Gasteiger partial charge in [0.1, 0.15) is 0 Å². The average molecular weight is 431 g/mol. The first-order chi connectivity index (χ1) is 15.6. The number of ether oxygens (including phenoxy) is 3. The van der Waals surface area contributed by atoms with E-state index in [1.807, 2.05) is 36.4 Å². The van der Waals surface area contributed by atoms with E-state index in [1.165, 1.54) is 0 Å². The number of hydrogen-bond acceptors (Lipinski definition) is 5. The monoisotopic (exact) mass is 430 g/mol. The second-order valence-electron chi connectivity index (χ2n) is 7.65. The molecule has 1 fully saturated rings. The molecule has 1 aliphatic rings. The van der Waals surface area contributed by atoms with Crippen LogP contribution in [0.3, 0.4) is 0 Å². The van der Waals surface area contributed by atoms with E-state index in [4.69, 9.17) is 14.2 Å². The summed E-state index contributed by atoms with van der Waals surface area (Å²) in [6.45, 7) is 0. The zero-order chi connectivity index (χ0) is 22.6. The van der Waals surface area contributed by atoms with Crippen LogP contribution in [0.25, 0.3) is 0 Å². The smallest absolute Gasteiger partial charge is 0.244 e. The van der Waals surface area contributed by atoms with Gasteiger partial charge in [0.05, 0.1) is 33.5 Å². The molecule has 0 aliphatic heterocycles. The number of amides is 1. The molecule has 4 rings (SSSR count). The number of nitrogens with one attached hydrogen (secondary N) is 1. The Morgan fingerprint density at radius 1 is 0.906 bits per heavy atom. The fraction of sp³-hybridized carbons (Fsp3) is 0.231. The number of hydrogen-bond donors (Lipinski definition) is 1. The maximum atomic E-state index is 13.0. The van der Waals surface area contributed by atoms with Crippen molar-refractivity contribution in [3.63, 3.8) is 0 Å². The predicted molar refractivity (Wildman–Crippen MR) is 124 cm³/mol. The lowest BCUT2D eigenvalue weighted by molar-refractivity contribution is -0.122. The SMILES string of the molecule is COc1cc(/C=N\NC(=O)C2CC2(c2ccccc2)c2ccccc2)cc(OC)c1OC. The van der Waals surface area contributed by atoms with E-state index in [0.717, 1.165) is 17.5 Å². The van der Waals surface area contributed by atoms with Gasteiger partial charge in [0.25, 0.3) is 0 Å². The van der Waals surface area contributed by atoms with Crippen LogP contribution >= 0.6 is 0 Å². The Morgan fingerprint density at radius 2 is 1.44 bits per heavy atom. The molecule has 0 heterocycles. The van der Waals surface area contributed by atoms with Gasteiger partial charge in [-0.3, -0.25) is 4.79 Å². The van der Waals surface area contributed by atoms with Gasteiger partial charge in [-0.1, -0.05) is 60.7 Å². The molecule has 6 heteroatoms. The zero-order valence-electron chi connectivity index (χ0n) is 18.4. The van der Waals surface area contributed by atoms with Gasteiger partial charge in [-0.05, 0) is 29.7 Å². The van der Waals surface area contributed by atoms with Crippen LogP contribution in [-0.4, -0.2) is 33.5 Å². The minimum Gasteiger partial charge on any atom is -0.493 e. The largest absolute Gasteiger partial charge is 0.493 e. The molecule has 0 saturated heterocycles. The molecule has 0 spiro atoms. The molecule has 6 nitrogen and oxygen atoms in total. The van der Waals surface area contributed by atoms with Gasteiger partial charge in [-0.2, -0.15) is 5.10 Å². The fourth-order valence-electron chi connectivity index (χ4n) is 4.28. The molecule has 1 saturated carbocycles. The van der Waals surface area contributed by atoms with E-state index in [1.54, 1.807) is 39.7 Å². The van der Waals surface area contributed by atoms with Crippen molar-refractivity contribution in [3.8, 4) is 17.2 Å². The van der Waals surface area contributed by atoms with Crippen molar-refractivity contribution in [2.24, 2.45) is 11.0 Å². The first kappa shape index (κ1) is 21.4. The van der Waals surface area contributed by atoms with E-state index in [-0.39, 0.29) is 17.2 Å². The second-order valence-corrected chi connectivity index (χ2v) is 7.65. The molecule has 0 bridgehead atoms. The van der Waals surface area contributed by atoms with Gasteiger partial charge >= 0.3 is 0 Å². The van der Waals surface area contributed by atoms with Gasteiger partial charge in [0.15, 0.2) is 11.5 Å². The van der Waals surface area contributed by atoms with Crippen LogP contribution in [0.4, 0.5) is 0 Å². The van der Waals surface area contributed by atoms with Gasteiger partial charge in [0.2, 0.25) is 11.7 Å². The first-order valence-electron chi connectivity index (χ1n) is 10.4. The van der Waals surface area contributed by atoms with Crippen molar-refractivity contribution in [2.75, 3.05) is 21.3 Å². The molecule has 32 heavy (non-hydrogen) atoms. The molecule has 3 aromatic carbocycles. The highest BCUT2D eigenvalue weighted by molar-refractivity contribution is 5.88. The van der Waals surface area contributed by atoms with Crippen LogP contribution in [0.5, 0.6) is 17.2 Å². The second kappa shape index (κ2) is 9.14. The molecule has 1 unspecified atom stereocenters. The number of methoxy groups -OCH3 is 3. The number of carbonyl (C=O) groups is 1. The molecule has 1 N–H and O–H groups in total. The summed E-state index contributed by atoms with van der Waals surface area (Å²) in [5.74, 6) is 1.25. The topological polar surface area (TPSA) is 69.2 Å². The van der Waals surface area contributed by atoms with E-state index in [0.29, 0.717) is 22.8 Å². The van der Waals surface area contributed by atoms with Crippen molar-refractivity contribution in [1.29, 1.82) is 0 Å². The summed E-state index contributed by atoms with van der Waals surface area (Å²) in [5, 5.41) is 4.19. The van der Waals surface area contributed by atoms with Crippen molar-refractivity contribution in [1.82, 2.24) is 5.43 Å². The maximum Gasteiger partial charge on any atom is 0.244 e. The Morgan fingerprint density at radius 3 is 1.91 bits per heavy atom. The molecule has 0 radical (unpaired) electrons.